The molecule has 1 saturated heterocycles. The van der Waals surface area contributed by atoms with E-state index in [1.165, 1.54) is 0 Å². The molecule has 0 spiro atoms. The van der Waals surface area contributed by atoms with Crippen molar-refractivity contribution in [3.8, 4) is 0 Å². The molecule has 1 aliphatic rings. The molecule has 3 aromatic rings. The minimum absolute atomic E-state index is 0.223. The number of thiophene rings is 1. The van der Waals surface area contributed by atoms with Gasteiger partial charge in [-0.25, -0.2) is 9.97 Å². The monoisotopic (exact) mass is 348 g/mol. The normalized spacial score (nSPS) is 16.3. The highest BCUT2D eigenvalue weighted by Gasteiger charge is 2.22. The van der Waals surface area contributed by atoms with Gasteiger partial charge in [0, 0.05) is 35.0 Å². The van der Waals surface area contributed by atoms with Crippen LogP contribution in [0.2, 0.25) is 0 Å². The Bertz CT molecular complexity index is 797. The summed E-state index contributed by atoms with van der Waals surface area (Å²) in [6.45, 7) is 1.91. The standard InChI is InChI=1S/C14H16N6OS2/c15-9-5-16-12(19-13(9)20-3-1-2-4-20)8-23(21)14-17-10-6-22-7-11(10)18-14/h5-7H,1-4,8,15H2,(H,17,18). The van der Waals surface area contributed by atoms with E-state index >= 15 is 0 Å². The van der Waals surface area contributed by atoms with Gasteiger partial charge >= 0.3 is 5.16 Å². The van der Waals surface area contributed by atoms with E-state index in [1.54, 1.807) is 17.5 Å². The van der Waals surface area contributed by atoms with Gasteiger partial charge in [-0.2, -0.15) is 4.98 Å². The number of H-pyrrole nitrogens is 1. The van der Waals surface area contributed by atoms with Gasteiger partial charge in [0.2, 0.25) is 0 Å². The summed E-state index contributed by atoms with van der Waals surface area (Å²) in [6.07, 6.45) is 3.90. The molecule has 3 N–H and O–H groups in total. The Morgan fingerprint density at radius 1 is 1.30 bits per heavy atom. The van der Waals surface area contributed by atoms with Gasteiger partial charge < -0.3 is 15.2 Å². The Balaban J connectivity index is 1.55. The van der Waals surface area contributed by atoms with Crippen LogP contribution in [0.25, 0.3) is 11.0 Å². The second-order valence-electron chi connectivity index (χ2n) is 5.46. The maximum atomic E-state index is 12.5. The van der Waals surface area contributed by atoms with Crippen molar-refractivity contribution >= 4 is 45.1 Å². The van der Waals surface area contributed by atoms with Crippen LogP contribution in [0, 0.1) is 0 Å². The van der Waals surface area contributed by atoms with E-state index in [0.717, 1.165) is 42.8 Å². The largest absolute Gasteiger partial charge is 0.609 e. The number of aromatic amines is 1. The van der Waals surface area contributed by atoms with Crippen molar-refractivity contribution in [3.05, 3.63) is 22.8 Å². The molecule has 0 aliphatic carbocycles. The van der Waals surface area contributed by atoms with Gasteiger partial charge in [-0.3, -0.25) is 4.98 Å². The highest BCUT2D eigenvalue weighted by atomic mass is 32.2. The van der Waals surface area contributed by atoms with Crippen LogP contribution in [-0.2, 0) is 16.9 Å². The van der Waals surface area contributed by atoms with Crippen molar-refractivity contribution < 1.29 is 4.55 Å². The fourth-order valence-electron chi connectivity index (χ4n) is 2.69. The summed E-state index contributed by atoms with van der Waals surface area (Å²) in [5.41, 5.74) is 8.31. The zero-order valence-electron chi connectivity index (χ0n) is 12.4. The van der Waals surface area contributed by atoms with Crippen molar-refractivity contribution in [1.29, 1.82) is 0 Å². The van der Waals surface area contributed by atoms with Crippen molar-refractivity contribution in [2.24, 2.45) is 0 Å². The molecule has 120 valence electrons. The number of aromatic nitrogens is 4. The van der Waals surface area contributed by atoms with Gasteiger partial charge in [-0.15, -0.1) is 11.3 Å². The molecule has 0 radical (unpaired) electrons. The van der Waals surface area contributed by atoms with Crippen LogP contribution in [0.4, 0.5) is 11.5 Å². The van der Waals surface area contributed by atoms with Gasteiger partial charge in [-0.1, -0.05) is 0 Å². The predicted molar refractivity (Wildman–Crippen MR) is 92.0 cm³/mol. The lowest BCUT2D eigenvalue weighted by molar-refractivity contribution is 0.586. The molecule has 7 nitrogen and oxygen atoms in total. The number of nitrogens with two attached hydrogens (primary N) is 1. The Morgan fingerprint density at radius 3 is 2.91 bits per heavy atom. The maximum absolute atomic E-state index is 12.5. The first kappa shape index (κ1) is 14.7. The molecule has 0 amide bonds. The third-order valence-electron chi connectivity index (χ3n) is 3.83. The molecule has 0 saturated carbocycles. The lowest BCUT2D eigenvalue weighted by Gasteiger charge is -2.18. The second-order valence-corrected chi connectivity index (χ2v) is 7.57. The van der Waals surface area contributed by atoms with Crippen molar-refractivity contribution in [3.63, 3.8) is 0 Å². The van der Waals surface area contributed by atoms with E-state index in [1.807, 2.05) is 10.8 Å². The highest BCUT2D eigenvalue weighted by molar-refractivity contribution is 7.90. The van der Waals surface area contributed by atoms with E-state index in [2.05, 4.69) is 24.8 Å². The first-order valence-corrected chi connectivity index (χ1v) is 9.63. The molecule has 0 bridgehead atoms. The molecule has 1 atom stereocenters. The minimum atomic E-state index is -1.31. The number of anilines is 2. The summed E-state index contributed by atoms with van der Waals surface area (Å²) < 4.78 is 12.5. The Kier molecular flexibility index (Phi) is 3.83. The zero-order chi connectivity index (χ0) is 15.8. The number of hydrogen-bond donors (Lipinski definition) is 2. The van der Waals surface area contributed by atoms with Crippen molar-refractivity contribution in [2.45, 2.75) is 23.8 Å². The topological polar surface area (TPSA) is 107 Å². The minimum Gasteiger partial charge on any atom is -0.609 e. The molecule has 1 fully saturated rings. The van der Waals surface area contributed by atoms with E-state index in [9.17, 15) is 4.55 Å². The van der Waals surface area contributed by atoms with Crippen LogP contribution >= 0.6 is 11.3 Å². The van der Waals surface area contributed by atoms with Gasteiger partial charge in [-0.05, 0) is 12.8 Å². The first-order valence-electron chi connectivity index (χ1n) is 7.37. The average molecular weight is 348 g/mol. The van der Waals surface area contributed by atoms with Crippen LogP contribution in [0.1, 0.15) is 18.7 Å². The molecular weight excluding hydrogens is 332 g/mol. The zero-order valence-corrected chi connectivity index (χ0v) is 14.0. The number of imidazole rings is 1. The molecule has 1 unspecified atom stereocenters. The summed E-state index contributed by atoms with van der Waals surface area (Å²) >= 11 is 0.257. The van der Waals surface area contributed by atoms with Gasteiger partial charge in [0.1, 0.15) is 5.52 Å². The SMILES string of the molecule is Nc1cnc(C[S+]([O-])c2nc3cscc3[nH]2)nc1N1CCCC1. The fourth-order valence-corrected chi connectivity index (χ4v) is 4.31. The van der Waals surface area contributed by atoms with Crippen LogP contribution in [0.15, 0.2) is 22.1 Å². The molecule has 3 aromatic heterocycles. The number of rotatable bonds is 4. The average Bonchev–Trinajstić information content (AvgIpc) is 3.25. The molecule has 4 heterocycles. The summed E-state index contributed by atoms with van der Waals surface area (Å²) in [7, 11) is 0. The molecule has 1 aliphatic heterocycles. The van der Waals surface area contributed by atoms with Crippen molar-refractivity contribution in [1.82, 2.24) is 19.9 Å². The van der Waals surface area contributed by atoms with Crippen molar-refractivity contribution in [2.75, 3.05) is 23.7 Å². The van der Waals surface area contributed by atoms with Crippen LogP contribution in [0.5, 0.6) is 0 Å². The number of nitrogens with zero attached hydrogens (tertiary/aromatic N) is 4. The van der Waals surface area contributed by atoms with Gasteiger partial charge in [0.15, 0.2) is 17.4 Å². The highest BCUT2D eigenvalue weighted by Crippen LogP contribution is 2.25. The third kappa shape index (κ3) is 2.87. The quantitative estimate of drug-likeness (QED) is 0.698. The Morgan fingerprint density at radius 2 is 2.13 bits per heavy atom. The van der Waals surface area contributed by atoms with Crippen LogP contribution in [-0.4, -0.2) is 37.6 Å². The van der Waals surface area contributed by atoms with Gasteiger partial charge in [0.25, 0.3) is 0 Å². The smallest absolute Gasteiger partial charge is 0.322 e. The summed E-state index contributed by atoms with van der Waals surface area (Å²) in [5, 5.41) is 4.34. The maximum Gasteiger partial charge on any atom is 0.322 e. The lowest BCUT2D eigenvalue weighted by Crippen LogP contribution is -2.22. The third-order valence-corrected chi connectivity index (χ3v) is 5.71. The van der Waals surface area contributed by atoms with E-state index in [-0.39, 0.29) is 5.75 Å². The fraction of sp³-hybridized carbons (Fsp3) is 0.357. The van der Waals surface area contributed by atoms with E-state index in [4.69, 9.17) is 5.73 Å². The Hall–Kier alpha value is -1.84. The van der Waals surface area contributed by atoms with Crippen LogP contribution in [0.3, 0.4) is 0 Å². The van der Waals surface area contributed by atoms with Gasteiger partial charge in [0.05, 0.1) is 17.4 Å². The number of fused-ring (bicyclic) bond motifs is 1. The first-order chi connectivity index (χ1) is 11.2. The Labute approximate surface area is 140 Å². The summed E-state index contributed by atoms with van der Waals surface area (Å²) in [5.74, 6) is 1.50. The number of nitrogens with one attached hydrogen (secondary N) is 1. The molecular formula is C14H16N6OS2. The molecule has 4 rings (SSSR count). The summed E-state index contributed by atoms with van der Waals surface area (Å²) in [4.78, 5) is 18.3. The lowest BCUT2D eigenvalue weighted by atomic mass is 10.4. The predicted octanol–water partition coefficient (Wildman–Crippen LogP) is 1.90. The van der Waals surface area contributed by atoms with E-state index in [0.29, 0.717) is 16.7 Å². The number of hydrogen-bond acceptors (Lipinski definition) is 7. The molecule has 9 heteroatoms. The van der Waals surface area contributed by atoms with E-state index < -0.39 is 11.2 Å². The molecule has 23 heavy (non-hydrogen) atoms. The molecule has 0 aromatic carbocycles. The number of nitrogen functional groups attached to an aromatic ring is 1. The summed E-state index contributed by atoms with van der Waals surface area (Å²) in [6, 6.07) is 0. The second kappa shape index (κ2) is 5.99. The van der Waals surface area contributed by atoms with Crippen LogP contribution < -0.4 is 10.6 Å².